The van der Waals surface area contributed by atoms with Gasteiger partial charge in [0.1, 0.15) is 0 Å². The molecular formula is C17H26N4. The molecule has 1 aromatic heterocycles. The quantitative estimate of drug-likeness (QED) is 0.715. The number of benzene rings is 1. The largest absolute Gasteiger partial charge is 0.375 e. The van der Waals surface area contributed by atoms with Gasteiger partial charge in [-0.05, 0) is 25.0 Å². The highest BCUT2D eigenvalue weighted by Gasteiger charge is 2.02. The van der Waals surface area contributed by atoms with Gasteiger partial charge in [-0.25, -0.2) is 4.98 Å². The van der Waals surface area contributed by atoms with E-state index in [9.17, 15) is 0 Å². The van der Waals surface area contributed by atoms with Crippen molar-refractivity contribution in [3.63, 3.8) is 0 Å². The van der Waals surface area contributed by atoms with Crippen molar-refractivity contribution in [2.24, 2.45) is 0 Å². The summed E-state index contributed by atoms with van der Waals surface area (Å²) in [6.07, 6.45) is 7.41. The number of aryl methyl sites for hydroxylation is 1. The van der Waals surface area contributed by atoms with E-state index in [1.807, 2.05) is 12.4 Å². The van der Waals surface area contributed by atoms with E-state index >= 15 is 0 Å². The summed E-state index contributed by atoms with van der Waals surface area (Å²) >= 11 is 0. The van der Waals surface area contributed by atoms with E-state index in [1.54, 1.807) is 0 Å². The molecule has 0 spiro atoms. The minimum atomic E-state index is 0.945. The predicted octanol–water partition coefficient (Wildman–Crippen LogP) is 3.62. The second kappa shape index (κ2) is 8.35. The summed E-state index contributed by atoms with van der Waals surface area (Å²) in [4.78, 5) is 6.67. The van der Waals surface area contributed by atoms with E-state index in [1.165, 1.54) is 18.5 Å². The first-order valence-electron chi connectivity index (χ1n) is 7.82. The molecule has 0 aliphatic heterocycles. The zero-order valence-corrected chi connectivity index (χ0v) is 13.1. The number of hydrogen-bond donors (Lipinski definition) is 1. The van der Waals surface area contributed by atoms with Crippen molar-refractivity contribution in [1.82, 2.24) is 9.55 Å². The summed E-state index contributed by atoms with van der Waals surface area (Å²) in [6.45, 7) is 5.24. The molecule has 0 atom stereocenters. The van der Waals surface area contributed by atoms with Gasteiger partial charge in [-0.1, -0.05) is 31.5 Å². The molecule has 0 aliphatic rings. The third-order valence-corrected chi connectivity index (χ3v) is 3.62. The molecule has 4 nitrogen and oxygen atoms in total. The molecule has 0 amide bonds. The van der Waals surface area contributed by atoms with Gasteiger partial charge in [0.2, 0.25) is 5.95 Å². The number of nitrogens with one attached hydrogen (secondary N) is 1. The molecule has 1 heterocycles. The SMILES string of the molecule is CCCCn1ccnc1NCCCN(C)c1ccccc1. The lowest BCUT2D eigenvalue weighted by molar-refractivity contribution is 0.634. The van der Waals surface area contributed by atoms with Gasteiger partial charge in [-0.3, -0.25) is 0 Å². The van der Waals surface area contributed by atoms with E-state index in [-0.39, 0.29) is 0 Å². The Labute approximate surface area is 127 Å². The average molecular weight is 286 g/mol. The van der Waals surface area contributed by atoms with Crippen molar-refractivity contribution < 1.29 is 0 Å². The smallest absolute Gasteiger partial charge is 0.202 e. The van der Waals surface area contributed by atoms with Gasteiger partial charge < -0.3 is 14.8 Å². The minimum Gasteiger partial charge on any atom is -0.375 e. The van der Waals surface area contributed by atoms with E-state index in [0.717, 1.165) is 32.0 Å². The highest BCUT2D eigenvalue weighted by Crippen LogP contribution is 2.11. The van der Waals surface area contributed by atoms with Crippen molar-refractivity contribution in [1.29, 1.82) is 0 Å². The van der Waals surface area contributed by atoms with Crippen LogP contribution < -0.4 is 10.2 Å². The lowest BCUT2D eigenvalue weighted by Gasteiger charge is -2.19. The molecule has 2 rings (SSSR count). The third kappa shape index (κ3) is 4.81. The van der Waals surface area contributed by atoms with Crippen LogP contribution in [0.25, 0.3) is 0 Å². The molecule has 1 aromatic carbocycles. The second-order valence-electron chi connectivity index (χ2n) is 5.34. The van der Waals surface area contributed by atoms with Crippen LogP contribution in [0, 0.1) is 0 Å². The molecule has 0 aliphatic carbocycles. The summed E-state index contributed by atoms with van der Waals surface area (Å²) in [5, 5.41) is 3.43. The van der Waals surface area contributed by atoms with Gasteiger partial charge in [0.25, 0.3) is 0 Å². The lowest BCUT2D eigenvalue weighted by Crippen LogP contribution is -2.21. The van der Waals surface area contributed by atoms with Gasteiger partial charge in [-0.15, -0.1) is 0 Å². The Kier molecular flexibility index (Phi) is 6.13. The Morgan fingerprint density at radius 3 is 2.76 bits per heavy atom. The van der Waals surface area contributed by atoms with E-state index in [0.29, 0.717) is 0 Å². The van der Waals surface area contributed by atoms with E-state index in [4.69, 9.17) is 0 Å². The number of para-hydroxylation sites is 1. The van der Waals surface area contributed by atoms with E-state index < -0.39 is 0 Å². The number of anilines is 2. The van der Waals surface area contributed by atoms with Gasteiger partial charge in [0.15, 0.2) is 0 Å². The Balaban J connectivity index is 1.71. The Morgan fingerprint density at radius 2 is 2.00 bits per heavy atom. The number of unbranched alkanes of at least 4 members (excludes halogenated alkanes) is 1. The molecule has 114 valence electrons. The maximum Gasteiger partial charge on any atom is 0.202 e. The van der Waals surface area contributed by atoms with Crippen molar-refractivity contribution in [3.8, 4) is 0 Å². The zero-order chi connectivity index (χ0) is 14.9. The fraction of sp³-hybridized carbons (Fsp3) is 0.471. The first-order valence-corrected chi connectivity index (χ1v) is 7.82. The van der Waals surface area contributed by atoms with Crippen LogP contribution in [0.4, 0.5) is 11.6 Å². The Morgan fingerprint density at radius 1 is 1.19 bits per heavy atom. The fourth-order valence-electron chi connectivity index (χ4n) is 2.31. The number of aromatic nitrogens is 2. The zero-order valence-electron chi connectivity index (χ0n) is 13.1. The molecule has 0 radical (unpaired) electrons. The molecule has 4 heteroatoms. The van der Waals surface area contributed by atoms with Gasteiger partial charge in [0.05, 0.1) is 0 Å². The topological polar surface area (TPSA) is 33.1 Å². The summed E-state index contributed by atoms with van der Waals surface area (Å²) in [5.41, 5.74) is 1.27. The van der Waals surface area contributed by atoms with Crippen LogP contribution in [-0.4, -0.2) is 29.7 Å². The van der Waals surface area contributed by atoms with Crippen LogP contribution in [0.3, 0.4) is 0 Å². The van der Waals surface area contributed by atoms with Crippen LogP contribution in [-0.2, 0) is 6.54 Å². The summed E-state index contributed by atoms with van der Waals surface area (Å²) in [6, 6.07) is 10.5. The number of rotatable bonds is 9. The van der Waals surface area contributed by atoms with Crippen molar-refractivity contribution in [2.75, 3.05) is 30.4 Å². The Hall–Kier alpha value is -1.97. The van der Waals surface area contributed by atoms with E-state index in [2.05, 4.69) is 64.1 Å². The first-order chi connectivity index (χ1) is 10.3. The van der Waals surface area contributed by atoms with Gasteiger partial charge in [0, 0.05) is 44.8 Å². The molecule has 0 saturated heterocycles. The lowest BCUT2D eigenvalue weighted by atomic mass is 10.3. The van der Waals surface area contributed by atoms with Crippen LogP contribution in [0.15, 0.2) is 42.7 Å². The maximum atomic E-state index is 4.38. The minimum absolute atomic E-state index is 0.945. The molecule has 21 heavy (non-hydrogen) atoms. The number of nitrogens with zero attached hydrogens (tertiary/aromatic N) is 3. The van der Waals surface area contributed by atoms with Crippen molar-refractivity contribution in [3.05, 3.63) is 42.7 Å². The van der Waals surface area contributed by atoms with Gasteiger partial charge in [-0.2, -0.15) is 0 Å². The van der Waals surface area contributed by atoms with Crippen LogP contribution in [0.5, 0.6) is 0 Å². The maximum absolute atomic E-state index is 4.38. The Bertz CT molecular complexity index is 507. The summed E-state index contributed by atoms with van der Waals surface area (Å²) in [5.74, 6) is 0.991. The molecule has 0 unspecified atom stereocenters. The van der Waals surface area contributed by atoms with Crippen LogP contribution in [0.1, 0.15) is 26.2 Å². The van der Waals surface area contributed by atoms with Gasteiger partial charge >= 0.3 is 0 Å². The number of imidazole rings is 1. The number of hydrogen-bond acceptors (Lipinski definition) is 3. The normalized spacial score (nSPS) is 10.6. The molecule has 2 aromatic rings. The molecule has 0 bridgehead atoms. The van der Waals surface area contributed by atoms with Crippen molar-refractivity contribution in [2.45, 2.75) is 32.7 Å². The third-order valence-electron chi connectivity index (χ3n) is 3.62. The molecule has 0 fully saturated rings. The fourth-order valence-corrected chi connectivity index (χ4v) is 2.31. The summed E-state index contributed by atoms with van der Waals surface area (Å²) < 4.78 is 2.20. The molecule has 0 saturated carbocycles. The standard InChI is InChI=1S/C17H26N4/c1-3-4-14-21-15-12-19-17(21)18-11-8-13-20(2)16-9-6-5-7-10-16/h5-7,9-10,12,15H,3-4,8,11,13-14H2,1-2H3,(H,18,19). The predicted molar refractivity (Wildman–Crippen MR) is 90.0 cm³/mol. The highest BCUT2D eigenvalue weighted by molar-refractivity contribution is 5.44. The average Bonchev–Trinajstić information content (AvgIpc) is 2.97. The molecule has 1 N–H and O–H groups in total. The van der Waals surface area contributed by atoms with Crippen LogP contribution in [0.2, 0.25) is 0 Å². The summed E-state index contributed by atoms with van der Waals surface area (Å²) in [7, 11) is 2.14. The first kappa shape index (κ1) is 15.4. The van der Waals surface area contributed by atoms with Crippen molar-refractivity contribution >= 4 is 11.6 Å². The van der Waals surface area contributed by atoms with Crippen LogP contribution >= 0.6 is 0 Å². The molecular weight excluding hydrogens is 260 g/mol. The monoisotopic (exact) mass is 286 g/mol. The second-order valence-corrected chi connectivity index (χ2v) is 5.34. The highest BCUT2D eigenvalue weighted by atomic mass is 15.2.